The molecule has 122 valence electrons. The fourth-order valence-electron chi connectivity index (χ4n) is 3.09. The Bertz CT molecular complexity index is 1050. The molecule has 0 radical (unpaired) electrons. The fraction of sp³-hybridized carbons (Fsp3) is 0.0455. The Balaban J connectivity index is 2.14. The number of aromatic nitrogens is 1. The van der Waals surface area contributed by atoms with Gasteiger partial charge in [-0.05, 0) is 36.8 Å². The van der Waals surface area contributed by atoms with Gasteiger partial charge in [-0.1, -0.05) is 48.5 Å². The van der Waals surface area contributed by atoms with Crippen molar-refractivity contribution in [3.63, 3.8) is 0 Å². The second kappa shape index (κ2) is 6.29. The molecule has 2 heterocycles. The van der Waals surface area contributed by atoms with E-state index in [4.69, 9.17) is 4.42 Å². The molecule has 0 amide bonds. The molecule has 0 unspecified atom stereocenters. The lowest BCUT2D eigenvalue weighted by atomic mass is 10.0. The van der Waals surface area contributed by atoms with Crippen LogP contribution in [0.1, 0.15) is 5.56 Å². The van der Waals surface area contributed by atoms with E-state index in [1.807, 2.05) is 79.7 Å². The second-order valence-corrected chi connectivity index (χ2v) is 5.88. The third kappa shape index (κ3) is 2.70. The zero-order chi connectivity index (χ0) is 17.2. The molecule has 0 aliphatic rings. The van der Waals surface area contributed by atoms with Crippen molar-refractivity contribution >= 4 is 0 Å². The van der Waals surface area contributed by atoms with Crippen molar-refractivity contribution in [1.29, 1.82) is 0 Å². The molecule has 4 rings (SSSR count). The second-order valence-electron chi connectivity index (χ2n) is 5.88. The van der Waals surface area contributed by atoms with Gasteiger partial charge < -0.3 is 8.98 Å². The maximum Gasteiger partial charge on any atom is 0.185 e. The lowest BCUT2D eigenvalue weighted by Crippen LogP contribution is -2.15. The van der Waals surface area contributed by atoms with Crippen molar-refractivity contribution in [3.05, 3.63) is 101 Å². The number of hydrogen-bond donors (Lipinski definition) is 0. The molecular weight excluding hydrogens is 310 g/mol. The third-order valence-electron chi connectivity index (χ3n) is 4.29. The SMILES string of the molecule is Cc1c(-c2ccccc2)n(-c2ccccc2)c(-c2ccco2)cc1=O. The Morgan fingerprint density at radius 3 is 2.16 bits per heavy atom. The maximum atomic E-state index is 12.7. The molecule has 0 fully saturated rings. The van der Waals surface area contributed by atoms with Crippen LogP contribution in [0.15, 0.2) is 94.3 Å². The quantitative estimate of drug-likeness (QED) is 0.526. The van der Waals surface area contributed by atoms with E-state index in [0.717, 1.165) is 22.6 Å². The molecule has 0 aliphatic heterocycles. The van der Waals surface area contributed by atoms with E-state index in [1.54, 1.807) is 12.3 Å². The number of furan rings is 1. The molecule has 0 aliphatic carbocycles. The summed E-state index contributed by atoms with van der Waals surface area (Å²) in [6.07, 6.45) is 1.62. The van der Waals surface area contributed by atoms with Crippen LogP contribution in [0.5, 0.6) is 0 Å². The van der Waals surface area contributed by atoms with Crippen LogP contribution in [0.25, 0.3) is 28.4 Å². The van der Waals surface area contributed by atoms with E-state index in [0.29, 0.717) is 11.3 Å². The molecule has 0 atom stereocenters. The number of benzene rings is 2. The molecule has 4 aromatic rings. The van der Waals surface area contributed by atoms with Crippen molar-refractivity contribution in [2.75, 3.05) is 0 Å². The fourth-order valence-corrected chi connectivity index (χ4v) is 3.09. The Morgan fingerprint density at radius 1 is 0.840 bits per heavy atom. The first kappa shape index (κ1) is 15.2. The zero-order valence-electron chi connectivity index (χ0n) is 13.8. The highest BCUT2D eigenvalue weighted by molar-refractivity contribution is 5.71. The van der Waals surface area contributed by atoms with Crippen molar-refractivity contribution in [2.45, 2.75) is 6.92 Å². The smallest absolute Gasteiger partial charge is 0.185 e. The summed E-state index contributed by atoms with van der Waals surface area (Å²) in [5.74, 6) is 0.665. The number of pyridine rings is 1. The van der Waals surface area contributed by atoms with Crippen molar-refractivity contribution in [1.82, 2.24) is 4.57 Å². The van der Waals surface area contributed by atoms with Gasteiger partial charge in [0.1, 0.15) is 0 Å². The van der Waals surface area contributed by atoms with Crippen LogP contribution in [0.4, 0.5) is 0 Å². The van der Waals surface area contributed by atoms with Crippen molar-refractivity contribution in [3.8, 4) is 28.4 Å². The first-order valence-corrected chi connectivity index (χ1v) is 8.17. The van der Waals surface area contributed by atoms with E-state index in [2.05, 4.69) is 4.57 Å². The molecule has 0 saturated heterocycles. The van der Waals surface area contributed by atoms with Gasteiger partial charge in [-0.15, -0.1) is 0 Å². The largest absolute Gasteiger partial charge is 0.463 e. The summed E-state index contributed by atoms with van der Waals surface area (Å²) in [6.45, 7) is 1.87. The van der Waals surface area contributed by atoms with Crippen LogP contribution in [-0.2, 0) is 0 Å². The summed E-state index contributed by atoms with van der Waals surface area (Å²) >= 11 is 0. The van der Waals surface area contributed by atoms with Gasteiger partial charge in [0.25, 0.3) is 0 Å². The average Bonchev–Trinajstić information content (AvgIpc) is 3.19. The van der Waals surface area contributed by atoms with Gasteiger partial charge in [-0.3, -0.25) is 4.79 Å². The summed E-state index contributed by atoms with van der Waals surface area (Å²) in [6, 6.07) is 25.3. The lowest BCUT2D eigenvalue weighted by Gasteiger charge is -2.20. The molecular formula is C22H17NO2. The molecule has 3 heteroatoms. The first-order chi connectivity index (χ1) is 12.3. The number of para-hydroxylation sites is 1. The van der Waals surface area contributed by atoms with E-state index >= 15 is 0 Å². The highest BCUT2D eigenvalue weighted by atomic mass is 16.3. The molecule has 0 spiro atoms. The van der Waals surface area contributed by atoms with Gasteiger partial charge in [0, 0.05) is 17.3 Å². The summed E-state index contributed by atoms with van der Waals surface area (Å²) in [5.41, 5.74) is 4.31. The van der Waals surface area contributed by atoms with E-state index in [1.165, 1.54) is 0 Å². The summed E-state index contributed by atoms with van der Waals surface area (Å²) in [4.78, 5) is 12.7. The van der Waals surface area contributed by atoms with Gasteiger partial charge in [0.05, 0.1) is 17.7 Å². The monoisotopic (exact) mass is 327 g/mol. The summed E-state index contributed by atoms with van der Waals surface area (Å²) in [7, 11) is 0. The zero-order valence-corrected chi connectivity index (χ0v) is 13.8. The van der Waals surface area contributed by atoms with Gasteiger partial charge in [-0.25, -0.2) is 0 Å². The minimum atomic E-state index is -0.00238. The predicted octanol–water partition coefficient (Wildman–Crippen LogP) is 5.07. The van der Waals surface area contributed by atoms with Crippen LogP contribution in [0.2, 0.25) is 0 Å². The van der Waals surface area contributed by atoms with E-state index < -0.39 is 0 Å². The minimum absolute atomic E-state index is 0.00238. The summed E-state index contributed by atoms with van der Waals surface area (Å²) in [5, 5.41) is 0. The van der Waals surface area contributed by atoms with Crippen LogP contribution < -0.4 is 5.43 Å². The van der Waals surface area contributed by atoms with Crippen molar-refractivity contribution < 1.29 is 4.42 Å². The average molecular weight is 327 g/mol. The normalized spacial score (nSPS) is 10.8. The Kier molecular flexibility index (Phi) is 3.82. The highest BCUT2D eigenvalue weighted by Crippen LogP contribution is 2.31. The molecule has 25 heavy (non-hydrogen) atoms. The molecule has 2 aromatic heterocycles. The Labute approximate surface area is 145 Å². The van der Waals surface area contributed by atoms with Gasteiger partial charge in [0.15, 0.2) is 11.2 Å². The van der Waals surface area contributed by atoms with Crippen LogP contribution in [-0.4, -0.2) is 4.57 Å². The third-order valence-corrected chi connectivity index (χ3v) is 4.29. The highest BCUT2D eigenvalue weighted by Gasteiger charge is 2.18. The van der Waals surface area contributed by atoms with Crippen LogP contribution in [0.3, 0.4) is 0 Å². The van der Waals surface area contributed by atoms with Crippen LogP contribution >= 0.6 is 0 Å². The number of nitrogens with zero attached hydrogens (tertiary/aromatic N) is 1. The number of rotatable bonds is 3. The Morgan fingerprint density at radius 2 is 1.52 bits per heavy atom. The molecule has 0 saturated carbocycles. The minimum Gasteiger partial charge on any atom is -0.463 e. The van der Waals surface area contributed by atoms with Gasteiger partial charge in [0.2, 0.25) is 0 Å². The standard InChI is InChI=1S/C22H17NO2/c1-16-20(24)15-19(21-13-8-14-25-21)23(18-11-6-3-7-12-18)22(16)17-9-4-2-5-10-17/h2-15H,1H3. The molecule has 2 aromatic carbocycles. The Hall–Kier alpha value is -3.33. The lowest BCUT2D eigenvalue weighted by molar-refractivity contribution is 0.578. The molecule has 0 N–H and O–H groups in total. The maximum absolute atomic E-state index is 12.7. The van der Waals surface area contributed by atoms with Crippen LogP contribution in [0, 0.1) is 6.92 Å². The predicted molar refractivity (Wildman–Crippen MR) is 99.9 cm³/mol. The van der Waals surface area contributed by atoms with E-state index in [-0.39, 0.29) is 5.43 Å². The topological polar surface area (TPSA) is 35.1 Å². The molecule has 3 nitrogen and oxygen atoms in total. The van der Waals surface area contributed by atoms with Crippen molar-refractivity contribution in [2.24, 2.45) is 0 Å². The van der Waals surface area contributed by atoms with Gasteiger partial charge in [-0.2, -0.15) is 0 Å². The summed E-state index contributed by atoms with van der Waals surface area (Å²) < 4.78 is 7.70. The van der Waals surface area contributed by atoms with Gasteiger partial charge >= 0.3 is 0 Å². The van der Waals surface area contributed by atoms with E-state index in [9.17, 15) is 4.79 Å². The molecule has 0 bridgehead atoms. The number of hydrogen-bond acceptors (Lipinski definition) is 2. The first-order valence-electron chi connectivity index (χ1n) is 8.17.